The van der Waals surface area contributed by atoms with Gasteiger partial charge in [-0.15, -0.1) is 0 Å². The highest BCUT2D eigenvalue weighted by Crippen LogP contribution is 2.23. The highest BCUT2D eigenvalue weighted by Gasteiger charge is 2.28. The molecule has 2 heterocycles. The number of rotatable bonds is 3. The van der Waals surface area contributed by atoms with Crippen LogP contribution in [0.4, 0.5) is 0 Å². The zero-order chi connectivity index (χ0) is 23.8. The number of aromatic nitrogens is 2. The SMILES string of the molecule is Cc1cnc(C(=O)N2CCCCCCN(C)C(=O)c3ccccc3OC[C@@H]2CC(C)C)cn1. The molecule has 0 radical (unpaired) electrons. The minimum atomic E-state index is -0.135. The first-order chi connectivity index (χ1) is 15.9. The zero-order valence-electron chi connectivity index (χ0n) is 20.3. The first-order valence-corrected chi connectivity index (χ1v) is 11.9. The minimum absolute atomic E-state index is 0.0362. The number of fused-ring (bicyclic) bond motifs is 1. The lowest BCUT2D eigenvalue weighted by molar-refractivity contribution is 0.0561. The van der Waals surface area contributed by atoms with Crippen molar-refractivity contribution in [3.63, 3.8) is 0 Å². The summed E-state index contributed by atoms with van der Waals surface area (Å²) in [5, 5.41) is 0. The highest BCUT2D eigenvalue weighted by atomic mass is 16.5. The fourth-order valence-electron chi connectivity index (χ4n) is 4.18. The van der Waals surface area contributed by atoms with Gasteiger partial charge in [0, 0.05) is 26.3 Å². The molecule has 0 fully saturated rings. The standard InChI is InChI=1S/C26H36N4O3/c1-19(2)15-21-18-33-24-12-8-7-11-22(24)25(31)29(4)13-9-5-6-10-14-30(21)26(32)23-17-27-20(3)16-28-23/h7-8,11-12,16-17,19,21H,5-6,9-10,13-15,18H2,1-4H3/t21-/m0/s1. The quantitative estimate of drug-likeness (QED) is 0.691. The van der Waals surface area contributed by atoms with Crippen molar-refractivity contribution in [1.29, 1.82) is 0 Å². The topological polar surface area (TPSA) is 75.6 Å². The molecule has 1 aromatic heterocycles. The second kappa shape index (κ2) is 11.8. The van der Waals surface area contributed by atoms with E-state index in [0.29, 0.717) is 42.6 Å². The van der Waals surface area contributed by atoms with Crippen LogP contribution in [-0.4, -0.2) is 64.4 Å². The molecular formula is C26H36N4O3. The summed E-state index contributed by atoms with van der Waals surface area (Å²) < 4.78 is 6.22. The van der Waals surface area contributed by atoms with Gasteiger partial charge >= 0.3 is 0 Å². The number of ether oxygens (including phenoxy) is 1. The summed E-state index contributed by atoms with van der Waals surface area (Å²) >= 11 is 0. The molecule has 0 bridgehead atoms. The number of para-hydroxylation sites is 1. The van der Waals surface area contributed by atoms with Crippen molar-refractivity contribution in [2.75, 3.05) is 26.7 Å². The van der Waals surface area contributed by atoms with Gasteiger partial charge in [-0.05, 0) is 44.2 Å². The number of hydrogen-bond acceptors (Lipinski definition) is 5. The van der Waals surface area contributed by atoms with Crippen LogP contribution >= 0.6 is 0 Å². The third kappa shape index (κ3) is 6.76. The molecule has 178 valence electrons. The molecule has 2 amide bonds. The highest BCUT2D eigenvalue weighted by molar-refractivity contribution is 5.96. The van der Waals surface area contributed by atoms with Gasteiger partial charge in [-0.2, -0.15) is 0 Å². The first kappa shape index (κ1) is 24.7. The van der Waals surface area contributed by atoms with Crippen LogP contribution < -0.4 is 4.74 Å². The van der Waals surface area contributed by atoms with E-state index in [0.717, 1.165) is 37.8 Å². The van der Waals surface area contributed by atoms with E-state index in [1.165, 1.54) is 0 Å². The van der Waals surface area contributed by atoms with E-state index in [-0.39, 0.29) is 17.9 Å². The number of benzene rings is 1. The van der Waals surface area contributed by atoms with Gasteiger partial charge in [0.15, 0.2) is 0 Å². The van der Waals surface area contributed by atoms with Crippen LogP contribution in [0.1, 0.15) is 72.5 Å². The molecule has 1 aliphatic rings. The Morgan fingerprint density at radius 2 is 1.82 bits per heavy atom. The molecule has 1 aromatic carbocycles. The number of carbonyl (C=O) groups excluding carboxylic acids is 2. The van der Waals surface area contributed by atoms with Crippen molar-refractivity contribution in [3.05, 3.63) is 53.6 Å². The molecule has 1 atom stereocenters. The Hall–Kier alpha value is -2.96. The second-order valence-electron chi connectivity index (χ2n) is 9.27. The van der Waals surface area contributed by atoms with Crippen LogP contribution in [0.25, 0.3) is 0 Å². The Morgan fingerprint density at radius 1 is 1.09 bits per heavy atom. The summed E-state index contributed by atoms with van der Waals surface area (Å²) in [6.07, 6.45) is 7.81. The third-order valence-corrected chi connectivity index (χ3v) is 5.98. The number of nitrogens with zero attached hydrogens (tertiary/aromatic N) is 4. The molecule has 33 heavy (non-hydrogen) atoms. The van der Waals surface area contributed by atoms with Gasteiger partial charge in [-0.25, -0.2) is 4.98 Å². The summed E-state index contributed by atoms with van der Waals surface area (Å²) in [4.78, 5) is 38.8. The van der Waals surface area contributed by atoms with E-state index >= 15 is 0 Å². The van der Waals surface area contributed by atoms with E-state index in [4.69, 9.17) is 4.74 Å². The van der Waals surface area contributed by atoms with Gasteiger partial charge in [-0.3, -0.25) is 14.6 Å². The number of carbonyl (C=O) groups is 2. The molecule has 0 saturated heterocycles. The van der Waals surface area contributed by atoms with Crippen molar-refractivity contribution in [2.24, 2.45) is 5.92 Å². The smallest absolute Gasteiger partial charge is 0.274 e. The van der Waals surface area contributed by atoms with Crippen LogP contribution in [0, 0.1) is 12.8 Å². The van der Waals surface area contributed by atoms with E-state index in [2.05, 4.69) is 23.8 Å². The van der Waals surface area contributed by atoms with E-state index in [1.54, 1.807) is 17.3 Å². The number of amides is 2. The minimum Gasteiger partial charge on any atom is -0.491 e. The van der Waals surface area contributed by atoms with Gasteiger partial charge in [0.25, 0.3) is 11.8 Å². The average Bonchev–Trinajstić information content (AvgIpc) is 2.80. The predicted octanol–water partition coefficient (Wildman–Crippen LogP) is 4.37. The lowest BCUT2D eigenvalue weighted by atomic mass is 10.0. The van der Waals surface area contributed by atoms with Crippen LogP contribution in [0.15, 0.2) is 36.7 Å². The van der Waals surface area contributed by atoms with E-state index in [9.17, 15) is 9.59 Å². The van der Waals surface area contributed by atoms with Crippen molar-refractivity contribution >= 4 is 11.8 Å². The maximum absolute atomic E-state index is 13.5. The molecule has 2 aromatic rings. The molecule has 0 aliphatic carbocycles. The molecular weight excluding hydrogens is 416 g/mol. The van der Waals surface area contributed by atoms with Gasteiger partial charge < -0.3 is 14.5 Å². The number of aryl methyl sites for hydroxylation is 1. The maximum atomic E-state index is 13.5. The maximum Gasteiger partial charge on any atom is 0.274 e. The lowest BCUT2D eigenvalue weighted by Crippen LogP contribution is -2.45. The van der Waals surface area contributed by atoms with Gasteiger partial charge in [-0.1, -0.05) is 38.8 Å². The molecule has 7 heteroatoms. The fraction of sp³-hybridized carbons (Fsp3) is 0.538. The molecule has 3 rings (SSSR count). The van der Waals surface area contributed by atoms with Crippen LogP contribution in [0.5, 0.6) is 5.75 Å². The second-order valence-corrected chi connectivity index (χ2v) is 9.27. The Balaban J connectivity index is 1.92. The summed E-state index contributed by atoms with van der Waals surface area (Å²) in [5.74, 6) is 0.779. The normalized spacial score (nSPS) is 18.5. The van der Waals surface area contributed by atoms with Crippen LogP contribution in [0.3, 0.4) is 0 Å². The molecule has 0 N–H and O–H groups in total. The average molecular weight is 453 g/mol. The van der Waals surface area contributed by atoms with Crippen molar-refractivity contribution in [1.82, 2.24) is 19.8 Å². The molecule has 7 nitrogen and oxygen atoms in total. The monoisotopic (exact) mass is 452 g/mol. The Kier molecular flexibility index (Phi) is 8.80. The Morgan fingerprint density at radius 3 is 2.52 bits per heavy atom. The van der Waals surface area contributed by atoms with E-state index < -0.39 is 0 Å². The largest absolute Gasteiger partial charge is 0.491 e. The summed E-state index contributed by atoms with van der Waals surface area (Å²) in [6.45, 7) is 7.81. The summed E-state index contributed by atoms with van der Waals surface area (Å²) in [6, 6.07) is 7.23. The lowest BCUT2D eigenvalue weighted by Gasteiger charge is -2.33. The van der Waals surface area contributed by atoms with Gasteiger partial charge in [0.05, 0.1) is 23.5 Å². The Labute approximate surface area is 197 Å². The van der Waals surface area contributed by atoms with Crippen molar-refractivity contribution < 1.29 is 14.3 Å². The molecule has 0 saturated carbocycles. The fourth-order valence-corrected chi connectivity index (χ4v) is 4.18. The Bertz CT molecular complexity index is 929. The number of hydrogen-bond donors (Lipinski definition) is 0. The van der Waals surface area contributed by atoms with Crippen LogP contribution in [-0.2, 0) is 0 Å². The van der Waals surface area contributed by atoms with Gasteiger partial charge in [0.2, 0.25) is 0 Å². The van der Waals surface area contributed by atoms with Crippen molar-refractivity contribution in [3.8, 4) is 5.75 Å². The summed E-state index contributed by atoms with van der Waals surface area (Å²) in [5.41, 5.74) is 1.69. The van der Waals surface area contributed by atoms with E-state index in [1.807, 2.05) is 43.1 Å². The van der Waals surface area contributed by atoms with Crippen molar-refractivity contribution in [2.45, 2.75) is 58.9 Å². The first-order valence-electron chi connectivity index (χ1n) is 11.9. The zero-order valence-corrected chi connectivity index (χ0v) is 20.3. The third-order valence-electron chi connectivity index (χ3n) is 5.98. The molecule has 1 aliphatic heterocycles. The van der Waals surface area contributed by atoms with Crippen LogP contribution in [0.2, 0.25) is 0 Å². The van der Waals surface area contributed by atoms with Gasteiger partial charge in [0.1, 0.15) is 18.1 Å². The summed E-state index contributed by atoms with van der Waals surface area (Å²) in [7, 11) is 1.84. The molecule has 0 spiro atoms. The predicted molar refractivity (Wildman–Crippen MR) is 128 cm³/mol. The molecule has 0 unspecified atom stereocenters.